The number of ether oxygens (including phenoxy) is 1. The van der Waals surface area contributed by atoms with E-state index >= 15 is 0 Å². The highest BCUT2D eigenvalue weighted by Crippen LogP contribution is 2.18. The molecule has 0 aliphatic rings. The first-order valence-electron chi connectivity index (χ1n) is 10.3. The summed E-state index contributed by atoms with van der Waals surface area (Å²) in [6.45, 7) is 6.17. The van der Waals surface area contributed by atoms with E-state index in [2.05, 4.69) is 10.3 Å². The molecule has 0 fully saturated rings. The molecule has 0 radical (unpaired) electrons. The Morgan fingerprint density at radius 1 is 1.03 bits per heavy atom. The molecular weight excluding hydrogens is 413 g/mol. The van der Waals surface area contributed by atoms with E-state index in [0.29, 0.717) is 40.9 Å². The van der Waals surface area contributed by atoms with Crippen molar-refractivity contribution in [1.82, 2.24) is 9.88 Å². The summed E-state index contributed by atoms with van der Waals surface area (Å²) in [7, 11) is 0. The molecule has 1 aromatic heterocycles. The van der Waals surface area contributed by atoms with Crippen LogP contribution in [-0.4, -0.2) is 47.4 Å². The smallest absolute Gasteiger partial charge is 0.340 e. The van der Waals surface area contributed by atoms with E-state index in [9.17, 15) is 18.8 Å². The van der Waals surface area contributed by atoms with Crippen LogP contribution in [0.4, 0.5) is 10.1 Å². The summed E-state index contributed by atoms with van der Waals surface area (Å²) in [4.78, 5) is 42.9. The van der Waals surface area contributed by atoms with E-state index in [1.54, 1.807) is 42.2 Å². The quantitative estimate of drug-likeness (QED) is 0.565. The summed E-state index contributed by atoms with van der Waals surface area (Å²) in [6, 6.07) is 12.1. The van der Waals surface area contributed by atoms with E-state index in [1.807, 2.05) is 13.8 Å². The normalized spacial score (nSPS) is 10.6. The number of hydrogen-bond donors (Lipinski definition) is 1. The van der Waals surface area contributed by atoms with Gasteiger partial charge in [0, 0.05) is 35.8 Å². The molecule has 0 bridgehead atoms. The maximum atomic E-state index is 13.4. The second-order valence-electron chi connectivity index (χ2n) is 7.14. The predicted molar refractivity (Wildman–Crippen MR) is 119 cm³/mol. The van der Waals surface area contributed by atoms with Gasteiger partial charge in [0.05, 0.1) is 16.8 Å². The zero-order chi connectivity index (χ0) is 23.3. The van der Waals surface area contributed by atoms with Crippen molar-refractivity contribution in [2.75, 3.05) is 25.0 Å². The number of rotatable bonds is 7. The molecule has 1 heterocycles. The number of esters is 1. The fourth-order valence-corrected chi connectivity index (χ4v) is 3.24. The number of halogens is 1. The number of aryl methyl sites for hydroxylation is 1. The van der Waals surface area contributed by atoms with Crippen LogP contribution < -0.4 is 5.32 Å². The molecule has 0 unspecified atom stereocenters. The monoisotopic (exact) mass is 437 g/mol. The Labute approximate surface area is 185 Å². The van der Waals surface area contributed by atoms with Crippen LogP contribution in [-0.2, 0) is 9.53 Å². The second kappa shape index (κ2) is 10.00. The minimum Gasteiger partial charge on any atom is -0.452 e. The molecule has 0 aliphatic heterocycles. The van der Waals surface area contributed by atoms with Gasteiger partial charge in [0.1, 0.15) is 5.82 Å². The lowest BCUT2D eigenvalue weighted by Crippen LogP contribution is -2.30. The van der Waals surface area contributed by atoms with Crippen molar-refractivity contribution < 1.29 is 23.5 Å². The molecule has 1 N–H and O–H groups in total. The first-order chi connectivity index (χ1) is 15.3. The van der Waals surface area contributed by atoms with Crippen LogP contribution >= 0.6 is 0 Å². The Morgan fingerprint density at radius 3 is 2.38 bits per heavy atom. The summed E-state index contributed by atoms with van der Waals surface area (Å²) < 4.78 is 18.5. The third-order valence-electron chi connectivity index (χ3n) is 4.99. The van der Waals surface area contributed by atoms with Crippen molar-refractivity contribution >= 4 is 34.4 Å². The number of benzene rings is 2. The van der Waals surface area contributed by atoms with E-state index in [0.717, 1.165) is 0 Å². The van der Waals surface area contributed by atoms with Gasteiger partial charge in [0.2, 0.25) is 0 Å². The van der Waals surface area contributed by atoms with Gasteiger partial charge >= 0.3 is 5.97 Å². The Morgan fingerprint density at radius 2 is 1.72 bits per heavy atom. The van der Waals surface area contributed by atoms with Gasteiger partial charge in [-0.2, -0.15) is 0 Å². The lowest BCUT2D eigenvalue weighted by Gasteiger charge is -2.18. The third kappa shape index (κ3) is 5.26. The van der Waals surface area contributed by atoms with Crippen molar-refractivity contribution in [3.63, 3.8) is 0 Å². The molecule has 3 aromatic rings. The van der Waals surface area contributed by atoms with Crippen LogP contribution in [0.5, 0.6) is 0 Å². The lowest BCUT2D eigenvalue weighted by atomic mass is 10.1. The number of pyridine rings is 1. The first kappa shape index (κ1) is 22.9. The third-order valence-corrected chi connectivity index (χ3v) is 4.99. The molecule has 8 heteroatoms. The van der Waals surface area contributed by atoms with E-state index in [4.69, 9.17) is 4.74 Å². The lowest BCUT2D eigenvalue weighted by molar-refractivity contribution is -0.119. The molecule has 2 aromatic carbocycles. The zero-order valence-electron chi connectivity index (χ0n) is 18.1. The SMILES string of the molecule is CCN(CC)C(=O)c1ccc(NC(=O)COC(=O)c2cc3ccc(F)cc3nc2C)cc1. The summed E-state index contributed by atoms with van der Waals surface area (Å²) in [5.41, 5.74) is 2.02. The molecule has 166 valence electrons. The number of hydrogen-bond acceptors (Lipinski definition) is 5. The fourth-order valence-electron chi connectivity index (χ4n) is 3.24. The van der Waals surface area contributed by atoms with Gasteiger partial charge in [-0.1, -0.05) is 0 Å². The van der Waals surface area contributed by atoms with Crippen molar-refractivity contribution in [1.29, 1.82) is 0 Å². The van der Waals surface area contributed by atoms with Crippen LogP contribution in [0.2, 0.25) is 0 Å². The molecule has 3 rings (SSSR count). The number of anilines is 1. The Kier molecular flexibility index (Phi) is 7.14. The predicted octanol–water partition coefficient (Wildman–Crippen LogP) is 3.96. The van der Waals surface area contributed by atoms with E-state index < -0.39 is 24.3 Å². The molecule has 0 spiro atoms. The number of nitrogens with one attached hydrogen (secondary N) is 1. The van der Waals surface area contributed by atoms with Crippen LogP contribution in [0, 0.1) is 12.7 Å². The van der Waals surface area contributed by atoms with E-state index in [1.165, 1.54) is 18.2 Å². The minimum atomic E-state index is -0.698. The highest BCUT2D eigenvalue weighted by Gasteiger charge is 2.16. The minimum absolute atomic E-state index is 0.0797. The number of amides is 2. The van der Waals surface area contributed by atoms with Gasteiger partial charge in [-0.05, 0) is 63.2 Å². The molecule has 7 nitrogen and oxygen atoms in total. The molecule has 0 saturated heterocycles. The van der Waals surface area contributed by atoms with Crippen molar-refractivity contribution in [2.45, 2.75) is 20.8 Å². The Hall–Kier alpha value is -3.81. The number of nitrogens with zero attached hydrogens (tertiary/aromatic N) is 2. The second-order valence-corrected chi connectivity index (χ2v) is 7.14. The topological polar surface area (TPSA) is 88.6 Å². The van der Waals surface area contributed by atoms with Gasteiger partial charge < -0.3 is 15.0 Å². The molecular formula is C24H24FN3O4. The van der Waals surface area contributed by atoms with Crippen molar-refractivity contribution in [3.8, 4) is 0 Å². The average molecular weight is 437 g/mol. The van der Waals surface area contributed by atoms with Crippen LogP contribution in [0.15, 0.2) is 48.5 Å². The van der Waals surface area contributed by atoms with E-state index in [-0.39, 0.29) is 11.5 Å². The molecule has 32 heavy (non-hydrogen) atoms. The van der Waals surface area contributed by atoms with Gasteiger partial charge in [-0.15, -0.1) is 0 Å². The molecule has 0 aliphatic carbocycles. The first-order valence-corrected chi connectivity index (χ1v) is 10.3. The summed E-state index contributed by atoms with van der Waals surface area (Å²) in [6.07, 6.45) is 0. The number of aromatic nitrogens is 1. The Bertz CT molecular complexity index is 1160. The maximum absolute atomic E-state index is 13.4. The van der Waals surface area contributed by atoms with Crippen LogP contribution in [0.3, 0.4) is 0 Å². The summed E-state index contributed by atoms with van der Waals surface area (Å²) in [5.74, 6) is -1.71. The highest BCUT2D eigenvalue weighted by molar-refractivity contribution is 5.98. The van der Waals surface area contributed by atoms with Gasteiger partial charge in [0.15, 0.2) is 6.61 Å². The largest absolute Gasteiger partial charge is 0.452 e. The average Bonchev–Trinajstić information content (AvgIpc) is 2.78. The number of carbonyl (C=O) groups excluding carboxylic acids is 3. The zero-order valence-corrected chi connectivity index (χ0v) is 18.1. The standard InChI is InChI=1S/C24H24FN3O4/c1-4-28(5-2)23(30)16-7-10-19(11-8-16)27-22(29)14-32-24(31)20-12-17-6-9-18(25)13-21(17)26-15(20)3/h6-13H,4-5,14H2,1-3H3,(H,27,29). The number of carbonyl (C=O) groups is 3. The van der Waals surface area contributed by atoms with Gasteiger partial charge in [-0.3, -0.25) is 14.6 Å². The Balaban J connectivity index is 1.59. The van der Waals surface area contributed by atoms with Gasteiger partial charge in [-0.25, -0.2) is 9.18 Å². The summed E-state index contributed by atoms with van der Waals surface area (Å²) in [5, 5.41) is 3.21. The van der Waals surface area contributed by atoms with Crippen molar-refractivity contribution in [3.05, 3.63) is 71.2 Å². The van der Waals surface area contributed by atoms with Crippen LogP contribution in [0.1, 0.15) is 40.3 Å². The van der Waals surface area contributed by atoms with Crippen molar-refractivity contribution in [2.24, 2.45) is 0 Å². The van der Waals surface area contributed by atoms with Crippen LogP contribution in [0.25, 0.3) is 10.9 Å². The molecule has 0 atom stereocenters. The maximum Gasteiger partial charge on any atom is 0.340 e. The van der Waals surface area contributed by atoms with Gasteiger partial charge in [0.25, 0.3) is 11.8 Å². The highest BCUT2D eigenvalue weighted by atomic mass is 19.1. The number of fused-ring (bicyclic) bond motifs is 1. The molecule has 2 amide bonds. The summed E-state index contributed by atoms with van der Waals surface area (Å²) >= 11 is 0. The molecule has 0 saturated carbocycles. The fraction of sp³-hybridized carbons (Fsp3) is 0.250.